The van der Waals surface area contributed by atoms with E-state index in [1.165, 1.54) is 10.2 Å². The van der Waals surface area contributed by atoms with Crippen molar-refractivity contribution in [2.75, 3.05) is 0 Å². The zero-order valence-electron chi connectivity index (χ0n) is 14.3. The number of hydrogen-bond donors (Lipinski definition) is 1. The number of carboxylic acid groups (broad SMARTS) is 1. The normalized spacial score (nSPS) is 10.8. The van der Waals surface area contributed by atoms with Crippen LogP contribution in [0.3, 0.4) is 0 Å². The molecule has 3 rings (SSSR count). The average molecular weight is 320 g/mol. The van der Waals surface area contributed by atoms with Gasteiger partial charge in [0.05, 0.1) is 11.4 Å². The fraction of sp³-hybridized carbons (Fsp3) is 0.200. The minimum atomic E-state index is -0.988. The molecule has 2 aromatic carbocycles. The minimum Gasteiger partial charge on any atom is -0.477 e. The number of hydrogen-bond acceptors (Lipinski definition) is 2. The summed E-state index contributed by atoms with van der Waals surface area (Å²) in [5, 5.41) is 14.1. The molecular formula is C20H20N2O2. The fourth-order valence-electron chi connectivity index (χ4n) is 2.80. The van der Waals surface area contributed by atoms with Crippen LogP contribution in [-0.4, -0.2) is 20.9 Å². The highest BCUT2D eigenvalue weighted by atomic mass is 16.4. The van der Waals surface area contributed by atoms with E-state index in [9.17, 15) is 9.90 Å². The number of nitrogens with zero attached hydrogens (tertiary/aromatic N) is 2. The van der Waals surface area contributed by atoms with Gasteiger partial charge in [0.1, 0.15) is 0 Å². The first-order valence-corrected chi connectivity index (χ1v) is 7.85. The van der Waals surface area contributed by atoms with Crippen LogP contribution in [-0.2, 0) is 0 Å². The number of rotatable bonds is 3. The topological polar surface area (TPSA) is 55.1 Å². The molecule has 0 unspecified atom stereocenters. The number of aromatic nitrogens is 2. The molecule has 1 heterocycles. The van der Waals surface area contributed by atoms with Crippen LogP contribution in [0.5, 0.6) is 0 Å². The Morgan fingerprint density at radius 1 is 0.917 bits per heavy atom. The van der Waals surface area contributed by atoms with Crippen molar-refractivity contribution in [1.82, 2.24) is 9.78 Å². The van der Waals surface area contributed by atoms with Gasteiger partial charge in [-0.1, -0.05) is 29.8 Å². The predicted octanol–water partition coefficient (Wildman–Crippen LogP) is 4.47. The third kappa shape index (κ3) is 2.83. The van der Waals surface area contributed by atoms with Crippen LogP contribution < -0.4 is 0 Å². The van der Waals surface area contributed by atoms with E-state index < -0.39 is 5.97 Å². The molecule has 0 saturated heterocycles. The van der Waals surface area contributed by atoms with Crippen molar-refractivity contribution >= 4 is 5.97 Å². The first-order chi connectivity index (χ1) is 11.4. The number of aromatic carboxylic acids is 1. The monoisotopic (exact) mass is 320 g/mol. The van der Waals surface area contributed by atoms with Gasteiger partial charge in [0.15, 0.2) is 5.69 Å². The van der Waals surface area contributed by atoms with E-state index in [4.69, 9.17) is 0 Å². The summed E-state index contributed by atoms with van der Waals surface area (Å²) >= 11 is 0. The Morgan fingerprint density at radius 3 is 2.29 bits per heavy atom. The first kappa shape index (κ1) is 16.0. The van der Waals surface area contributed by atoms with E-state index in [1.54, 1.807) is 6.07 Å². The number of benzene rings is 2. The lowest BCUT2D eigenvalue weighted by molar-refractivity contribution is 0.0687. The van der Waals surface area contributed by atoms with Gasteiger partial charge in [-0.2, -0.15) is 5.10 Å². The summed E-state index contributed by atoms with van der Waals surface area (Å²) < 4.78 is 1.52. The Balaban J connectivity index is 2.18. The van der Waals surface area contributed by atoms with Gasteiger partial charge in [0.2, 0.25) is 0 Å². The molecule has 3 aromatic rings. The summed E-state index contributed by atoms with van der Waals surface area (Å²) in [6, 6.07) is 13.6. The van der Waals surface area contributed by atoms with Gasteiger partial charge in [-0.15, -0.1) is 0 Å². The molecule has 0 bridgehead atoms. The van der Waals surface area contributed by atoms with Gasteiger partial charge < -0.3 is 5.11 Å². The summed E-state index contributed by atoms with van der Waals surface area (Å²) in [5.74, 6) is -0.988. The SMILES string of the molecule is Cc1ccc(-n2nc(-c3ccc(C)c(C)c3)cc2C(=O)O)c(C)c1. The second-order valence-electron chi connectivity index (χ2n) is 6.22. The van der Waals surface area contributed by atoms with Crippen molar-refractivity contribution in [2.45, 2.75) is 27.7 Å². The smallest absolute Gasteiger partial charge is 0.354 e. The van der Waals surface area contributed by atoms with E-state index in [1.807, 2.05) is 57.2 Å². The molecular weight excluding hydrogens is 300 g/mol. The van der Waals surface area contributed by atoms with Gasteiger partial charge in [-0.3, -0.25) is 0 Å². The Labute approximate surface area is 141 Å². The van der Waals surface area contributed by atoms with Gasteiger partial charge in [0, 0.05) is 5.56 Å². The van der Waals surface area contributed by atoms with Crippen LogP contribution >= 0.6 is 0 Å². The number of carboxylic acids is 1. The predicted molar refractivity (Wildman–Crippen MR) is 94.9 cm³/mol. The lowest BCUT2D eigenvalue weighted by atomic mass is 10.0. The minimum absolute atomic E-state index is 0.162. The number of carbonyl (C=O) groups is 1. The highest BCUT2D eigenvalue weighted by molar-refractivity contribution is 5.88. The molecule has 0 amide bonds. The molecule has 0 saturated carbocycles. The van der Waals surface area contributed by atoms with E-state index in [0.717, 1.165) is 27.9 Å². The molecule has 0 radical (unpaired) electrons. The van der Waals surface area contributed by atoms with Crippen molar-refractivity contribution in [1.29, 1.82) is 0 Å². The maximum absolute atomic E-state index is 11.7. The Bertz CT molecular complexity index is 939. The molecule has 0 aliphatic carbocycles. The molecule has 122 valence electrons. The molecule has 24 heavy (non-hydrogen) atoms. The third-order valence-electron chi connectivity index (χ3n) is 4.31. The third-order valence-corrected chi connectivity index (χ3v) is 4.31. The molecule has 4 nitrogen and oxygen atoms in total. The van der Waals surface area contributed by atoms with E-state index in [0.29, 0.717) is 5.69 Å². The maximum Gasteiger partial charge on any atom is 0.354 e. The van der Waals surface area contributed by atoms with Crippen molar-refractivity contribution in [2.24, 2.45) is 0 Å². The summed E-state index contributed by atoms with van der Waals surface area (Å²) in [6.07, 6.45) is 0. The highest BCUT2D eigenvalue weighted by Gasteiger charge is 2.18. The van der Waals surface area contributed by atoms with Gasteiger partial charge in [0.25, 0.3) is 0 Å². The van der Waals surface area contributed by atoms with Crippen molar-refractivity contribution in [3.05, 3.63) is 70.4 Å². The fourth-order valence-corrected chi connectivity index (χ4v) is 2.80. The Hall–Kier alpha value is -2.88. The molecule has 4 heteroatoms. The van der Waals surface area contributed by atoms with Crippen LogP contribution in [0, 0.1) is 27.7 Å². The Kier molecular flexibility index (Phi) is 3.97. The van der Waals surface area contributed by atoms with Gasteiger partial charge in [-0.05, 0) is 62.6 Å². The molecule has 0 aliphatic rings. The second kappa shape index (κ2) is 5.96. The molecule has 0 fully saturated rings. The number of aryl methyl sites for hydroxylation is 4. The quantitative estimate of drug-likeness (QED) is 0.774. The summed E-state index contributed by atoms with van der Waals surface area (Å²) in [4.78, 5) is 11.7. The first-order valence-electron chi connectivity index (χ1n) is 7.85. The Morgan fingerprint density at radius 2 is 1.67 bits per heavy atom. The zero-order chi connectivity index (χ0) is 17.4. The van der Waals surface area contributed by atoms with Crippen LogP contribution in [0.15, 0.2) is 42.5 Å². The molecule has 0 atom stereocenters. The molecule has 1 N–H and O–H groups in total. The average Bonchev–Trinajstić information content (AvgIpc) is 2.95. The van der Waals surface area contributed by atoms with Crippen LogP contribution in [0.2, 0.25) is 0 Å². The summed E-state index contributed by atoms with van der Waals surface area (Å²) in [6.45, 7) is 8.07. The van der Waals surface area contributed by atoms with E-state index in [-0.39, 0.29) is 5.69 Å². The highest BCUT2D eigenvalue weighted by Crippen LogP contribution is 2.25. The standard InChI is InChI=1S/C20H20N2O2/c1-12-5-8-18(15(4)9-12)22-19(20(23)24)11-17(21-22)16-7-6-13(2)14(3)10-16/h5-11H,1-4H3,(H,23,24). The van der Waals surface area contributed by atoms with Gasteiger partial charge in [-0.25, -0.2) is 9.48 Å². The van der Waals surface area contributed by atoms with E-state index >= 15 is 0 Å². The largest absolute Gasteiger partial charge is 0.477 e. The molecule has 0 aliphatic heterocycles. The molecule has 0 spiro atoms. The lowest BCUT2D eigenvalue weighted by Crippen LogP contribution is -2.09. The van der Waals surface area contributed by atoms with Crippen molar-refractivity contribution in [3.8, 4) is 16.9 Å². The maximum atomic E-state index is 11.7. The summed E-state index contributed by atoms with van der Waals surface area (Å²) in [7, 11) is 0. The van der Waals surface area contributed by atoms with Crippen LogP contribution in [0.25, 0.3) is 16.9 Å². The lowest BCUT2D eigenvalue weighted by Gasteiger charge is -2.09. The summed E-state index contributed by atoms with van der Waals surface area (Å²) in [5.41, 5.74) is 7.02. The van der Waals surface area contributed by atoms with Gasteiger partial charge >= 0.3 is 5.97 Å². The second-order valence-corrected chi connectivity index (χ2v) is 6.22. The van der Waals surface area contributed by atoms with E-state index in [2.05, 4.69) is 12.0 Å². The van der Waals surface area contributed by atoms with Crippen molar-refractivity contribution < 1.29 is 9.90 Å². The van der Waals surface area contributed by atoms with Crippen molar-refractivity contribution in [3.63, 3.8) is 0 Å². The van der Waals surface area contributed by atoms with Crippen LogP contribution in [0.4, 0.5) is 0 Å². The zero-order valence-corrected chi connectivity index (χ0v) is 14.3. The van der Waals surface area contributed by atoms with Crippen LogP contribution in [0.1, 0.15) is 32.7 Å². The molecule has 1 aromatic heterocycles.